The monoisotopic (exact) mass is 553 g/mol. The summed E-state index contributed by atoms with van der Waals surface area (Å²) >= 11 is 0. The Morgan fingerprint density at radius 3 is 2.65 bits per heavy atom. The highest BCUT2D eigenvalue weighted by molar-refractivity contribution is 7.82. The molecule has 0 spiro atoms. The van der Waals surface area contributed by atoms with Gasteiger partial charge in [0.2, 0.25) is 0 Å². The summed E-state index contributed by atoms with van der Waals surface area (Å²) in [5, 5.41) is 1.89. The van der Waals surface area contributed by atoms with E-state index in [1.165, 1.54) is 23.0 Å². The van der Waals surface area contributed by atoms with Crippen LogP contribution in [-0.2, 0) is 17.5 Å². The number of amides is 1. The van der Waals surface area contributed by atoms with E-state index in [2.05, 4.69) is 14.7 Å². The number of nitrogens with two attached hydrogens (primary N) is 1. The standard InChI is InChI=1S/C30H24FN5O3S/c1-16-18(5-4-8-25(16)36-15-33-27-22(30(36)38)6-3-7-23(27)31)19-11-12-21(29(32)37)28-26(19)20-10-9-17(13-24(20)35-28)14-34-40(2)39/h3-13,15,34-35H,14H2,1-2H3,(H2,32,37). The number of carbonyl (C=O) groups excluding carboxylic acids is 1. The van der Waals surface area contributed by atoms with Crippen LogP contribution in [0.3, 0.4) is 0 Å². The van der Waals surface area contributed by atoms with Gasteiger partial charge in [0.25, 0.3) is 11.5 Å². The molecule has 0 saturated heterocycles. The quantitative estimate of drug-likeness (QED) is 0.279. The highest BCUT2D eigenvalue weighted by atomic mass is 32.2. The maximum atomic E-state index is 14.2. The highest BCUT2D eigenvalue weighted by Crippen LogP contribution is 2.39. The summed E-state index contributed by atoms with van der Waals surface area (Å²) in [6.07, 6.45) is 2.92. The van der Waals surface area contributed by atoms with Gasteiger partial charge in [-0.05, 0) is 59.5 Å². The van der Waals surface area contributed by atoms with Crippen molar-refractivity contribution in [2.45, 2.75) is 13.5 Å². The molecule has 6 rings (SSSR count). The summed E-state index contributed by atoms with van der Waals surface area (Å²) < 4.78 is 30.1. The molecule has 4 N–H and O–H groups in total. The average Bonchev–Trinajstić information content (AvgIpc) is 3.31. The molecule has 2 aromatic heterocycles. The van der Waals surface area contributed by atoms with E-state index in [0.29, 0.717) is 23.3 Å². The normalized spacial score (nSPS) is 12.4. The van der Waals surface area contributed by atoms with Crippen LogP contribution in [0.4, 0.5) is 4.39 Å². The molecule has 2 heterocycles. The van der Waals surface area contributed by atoms with Crippen LogP contribution in [0.2, 0.25) is 0 Å². The van der Waals surface area contributed by atoms with Crippen LogP contribution in [0.25, 0.3) is 49.5 Å². The number of primary amides is 1. The third-order valence-electron chi connectivity index (χ3n) is 7.16. The summed E-state index contributed by atoms with van der Waals surface area (Å²) in [4.78, 5) is 33.3. The van der Waals surface area contributed by atoms with Crippen molar-refractivity contribution in [2.75, 3.05) is 6.26 Å². The molecule has 0 aliphatic heterocycles. The van der Waals surface area contributed by atoms with Crippen LogP contribution < -0.4 is 16.0 Å². The Balaban J connectivity index is 1.58. The second kappa shape index (κ2) is 9.82. The molecule has 4 aromatic carbocycles. The number of hydrogen-bond acceptors (Lipinski definition) is 4. The lowest BCUT2D eigenvalue weighted by atomic mass is 9.93. The molecule has 0 saturated carbocycles. The number of H-pyrrole nitrogens is 1. The van der Waals surface area contributed by atoms with Crippen molar-refractivity contribution in [1.82, 2.24) is 19.3 Å². The second-order valence-electron chi connectivity index (χ2n) is 9.56. The van der Waals surface area contributed by atoms with Crippen molar-refractivity contribution in [1.29, 1.82) is 0 Å². The first-order valence-corrected chi connectivity index (χ1v) is 14.0. The average molecular weight is 554 g/mol. The Kier molecular flexibility index (Phi) is 6.28. The number of para-hydroxylation sites is 1. The van der Waals surface area contributed by atoms with Gasteiger partial charge in [-0.25, -0.2) is 18.3 Å². The van der Waals surface area contributed by atoms with Crippen LogP contribution in [0.5, 0.6) is 0 Å². The van der Waals surface area contributed by atoms with Crippen LogP contribution in [0.15, 0.2) is 77.9 Å². The molecular formula is C30H24FN5O3S. The highest BCUT2D eigenvalue weighted by Gasteiger charge is 2.19. The number of nitrogens with zero attached hydrogens (tertiary/aromatic N) is 2. The minimum absolute atomic E-state index is 0.0276. The topological polar surface area (TPSA) is 123 Å². The Morgan fingerprint density at radius 1 is 1.07 bits per heavy atom. The van der Waals surface area contributed by atoms with E-state index in [1.807, 2.05) is 49.4 Å². The summed E-state index contributed by atoms with van der Waals surface area (Å²) in [6.45, 7) is 2.33. The van der Waals surface area contributed by atoms with Gasteiger partial charge in [0, 0.05) is 29.1 Å². The first-order valence-electron chi connectivity index (χ1n) is 12.4. The maximum Gasteiger partial charge on any atom is 0.265 e. The molecule has 0 fully saturated rings. The predicted molar refractivity (Wildman–Crippen MR) is 156 cm³/mol. The van der Waals surface area contributed by atoms with E-state index >= 15 is 0 Å². The molecule has 0 aliphatic carbocycles. The molecule has 0 bridgehead atoms. The fraction of sp³-hybridized carbons (Fsp3) is 0.100. The Bertz CT molecular complexity index is 2080. The van der Waals surface area contributed by atoms with Crippen molar-refractivity contribution in [3.8, 4) is 16.8 Å². The third kappa shape index (κ3) is 4.18. The number of benzene rings is 4. The van der Waals surface area contributed by atoms with E-state index < -0.39 is 22.7 Å². The molecule has 6 aromatic rings. The lowest BCUT2D eigenvalue weighted by Crippen LogP contribution is -2.20. The van der Waals surface area contributed by atoms with Crippen molar-refractivity contribution in [3.63, 3.8) is 0 Å². The minimum Gasteiger partial charge on any atom is -0.366 e. The van der Waals surface area contributed by atoms with E-state index in [1.54, 1.807) is 18.4 Å². The molecule has 0 aliphatic rings. The van der Waals surface area contributed by atoms with Crippen LogP contribution >= 0.6 is 0 Å². The van der Waals surface area contributed by atoms with Gasteiger partial charge in [-0.3, -0.25) is 14.2 Å². The largest absolute Gasteiger partial charge is 0.366 e. The Labute approximate surface area is 230 Å². The lowest BCUT2D eigenvalue weighted by Gasteiger charge is -2.15. The van der Waals surface area contributed by atoms with Gasteiger partial charge in [-0.15, -0.1) is 0 Å². The number of rotatable bonds is 6. The number of aromatic nitrogens is 3. The molecule has 0 radical (unpaired) electrons. The van der Waals surface area contributed by atoms with Gasteiger partial charge in [0.05, 0.1) is 33.1 Å². The number of hydrogen-bond donors (Lipinski definition) is 3. The minimum atomic E-state index is -1.15. The summed E-state index contributed by atoms with van der Waals surface area (Å²) in [7, 11) is -1.15. The lowest BCUT2D eigenvalue weighted by molar-refractivity contribution is 0.100. The van der Waals surface area contributed by atoms with E-state index in [-0.39, 0.29) is 16.5 Å². The smallest absolute Gasteiger partial charge is 0.265 e. The van der Waals surface area contributed by atoms with Gasteiger partial charge < -0.3 is 10.7 Å². The van der Waals surface area contributed by atoms with Crippen molar-refractivity contribution in [2.24, 2.45) is 5.73 Å². The zero-order valence-corrected chi connectivity index (χ0v) is 22.4. The van der Waals surface area contributed by atoms with Crippen molar-refractivity contribution in [3.05, 3.63) is 106 Å². The molecule has 10 heteroatoms. The predicted octanol–water partition coefficient (Wildman–Crippen LogP) is 4.62. The summed E-state index contributed by atoms with van der Waals surface area (Å²) in [5.41, 5.74) is 11.2. The first-order chi connectivity index (χ1) is 19.2. The van der Waals surface area contributed by atoms with E-state index in [9.17, 15) is 18.2 Å². The SMILES string of the molecule is Cc1c(-c2ccc(C(N)=O)c3[nH]c4cc(CNS(C)=O)ccc4c23)cccc1-n1cnc2c(F)cccc2c1=O. The van der Waals surface area contributed by atoms with Gasteiger partial charge in [-0.1, -0.05) is 36.4 Å². The summed E-state index contributed by atoms with van der Waals surface area (Å²) in [5.74, 6) is -1.11. The first kappa shape index (κ1) is 25.6. The molecule has 200 valence electrons. The van der Waals surface area contributed by atoms with Gasteiger partial charge in [0.1, 0.15) is 17.7 Å². The van der Waals surface area contributed by atoms with Crippen molar-refractivity contribution < 1.29 is 13.4 Å². The van der Waals surface area contributed by atoms with E-state index in [4.69, 9.17) is 5.73 Å². The van der Waals surface area contributed by atoms with Gasteiger partial charge >= 0.3 is 0 Å². The van der Waals surface area contributed by atoms with Crippen LogP contribution in [-0.4, -0.2) is 30.9 Å². The maximum absolute atomic E-state index is 14.2. The number of fused-ring (bicyclic) bond motifs is 4. The Morgan fingerprint density at radius 2 is 1.88 bits per heavy atom. The second-order valence-corrected chi connectivity index (χ2v) is 10.8. The molecule has 8 nitrogen and oxygen atoms in total. The van der Waals surface area contributed by atoms with Gasteiger partial charge in [0.15, 0.2) is 0 Å². The molecule has 1 atom stereocenters. The van der Waals surface area contributed by atoms with Gasteiger partial charge in [-0.2, -0.15) is 0 Å². The van der Waals surface area contributed by atoms with Crippen molar-refractivity contribution >= 4 is 49.6 Å². The zero-order chi connectivity index (χ0) is 28.1. The number of halogens is 1. The Hall–Kier alpha value is -4.67. The molecule has 1 amide bonds. The zero-order valence-electron chi connectivity index (χ0n) is 21.6. The summed E-state index contributed by atoms with van der Waals surface area (Å²) in [6, 6.07) is 19.3. The molecular weight excluding hydrogens is 529 g/mol. The van der Waals surface area contributed by atoms with E-state index in [0.717, 1.165) is 38.5 Å². The fourth-order valence-electron chi connectivity index (χ4n) is 5.25. The number of carbonyl (C=O) groups is 1. The van der Waals surface area contributed by atoms with Crippen LogP contribution in [0.1, 0.15) is 21.5 Å². The van der Waals surface area contributed by atoms with Crippen LogP contribution in [0, 0.1) is 12.7 Å². The molecule has 40 heavy (non-hydrogen) atoms. The molecule has 1 unspecified atom stereocenters. The number of nitrogens with one attached hydrogen (secondary N) is 2. The third-order valence-corrected chi connectivity index (χ3v) is 7.71. The number of aromatic amines is 1. The fourth-order valence-corrected chi connectivity index (χ4v) is 5.62.